The fourth-order valence-electron chi connectivity index (χ4n) is 2.83. The van der Waals surface area contributed by atoms with Gasteiger partial charge in [-0.15, -0.1) is 0 Å². The minimum absolute atomic E-state index is 0.0277. The summed E-state index contributed by atoms with van der Waals surface area (Å²) in [5.74, 6) is -2.92. The van der Waals surface area contributed by atoms with Crippen molar-refractivity contribution < 1.29 is 18.7 Å². The number of alkyl halides is 2. The van der Waals surface area contributed by atoms with Crippen LogP contribution in [0.1, 0.15) is 39.0 Å². The Labute approximate surface area is 99.8 Å². The third kappa shape index (κ3) is 2.76. The van der Waals surface area contributed by atoms with E-state index < -0.39 is 12.0 Å². The van der Waals surface area contributed by atoms with Crippen molar-refractivity contribution in [2.24, 2.45) is 5.92 Å². The zero-order valence-corrected chi connectivity index (χ0v) is 10.0. The molecule has 1 heterocycles. The lowest BCUT2D eigenvalue weighted by molar-refractivity contribution is -0.140. The Morgan fingerprint density at radius 1 is 1.35 bits per heavy atom. The molecule has 17 heavy (non-hydrogen) atoms. The smallest absolute Gasteiger partial charge is 0.248 e. The molecule has 0 spiro atoms. The highest BCUT2D eigenvalue weighted by molar-refractivity contribution is 5.79. The number of hydrogen-bond acceptors (Lipinski definition) is 2. The molecule has 2 fully saturated rings. The average Bonchev–Trinajstić information content (AvgIpc) is 2.57. The first-order valence-corrected chi connectivity index (χ1v) is 6.25. The SMILES string of the molecule is CC1CC(O)CN1C(=O)C1CCC(F)(F)CC1. The number of nitrogens with zero attached hydrogens (tertiary/aromatic N) is 1. The minimum atomic E-state index is -2.59. The van der Waals surface area contributed by atoms with E-state index >= 15 is 0 Å². The molecule has 0 aromatic rings. The molecule has 1 aliphatic heterocycles. The molecule has 98 valence electrons. The summed E-state index contributed by atoms with van der Waals surface area (Å²) in [5, 5.41) is 9.49. The third-order valence-electron chi connectivity index (χ3n) is 3.90. The molecule has 1 saturated heterocycles. The van der Waals surface area contributed by atoms with Crippen molar-refractivity contribution in [2.75, 3.05) is 6.54 Å². The molecule has 2 aliphatic rings. The number of β-amino-alcohol motifs (C(OH)–C–C–N with tert-alkyl or cyclic N) is 1. The molecule has 3 nitrogen and oxygen atoms in total. The molecule has 1 aliphatic carbocycles. The van der Waals surface area contributed by atoms with E-state index in [1.165, 1.54) is 0 Å². The van der Waals surface area contributed by atoms with Gasteiger partial charge in [0.25, 0.3) is 0 Å². The van der Waals surface area contributed by atoms with E-state index in [2.05, 4.69) is 0 Å². The van der Waals surface area contributed by atoms with Crippen molar-refractivity contribution in [1.82, 2.24) is 4.90 Å². The molecule has 2 atom stereocenters. The average molecular weight is 247 g/mol. The summed E-state index contributed by atoms with van der Waals surface area (Å²) < 4.78 is 26.0. The lowest BCUT2D eigenvalue weighted by Gasteiger charge is -2.31. The number of hydrogen-bond donors (Lipinski definition) is 1. The maximum Gasteiger partial charge on any atom is 0.248 e. The van der Waals surface area contributed by atoms with Gasteiger partial charge >= 0.3 is 0 Å². The number of carbonyl (C=O) groups excluding carboxylic acids is 1. The second-order valence-electron chi connectivity index (χ2n) is 5.36. The number of aliphatic hydroxyl groups is 1. The number of rotatable bonds is 1. The number of carbonyl (C=O) groups is 1. The summed E-state index contributed by atoms with van der Waals surface area (Å²) in [4.78, 5) is 13.8. The molecular formula is C12H19F2NO2. The number of likely N-dealkylation sites (tertiary alicyclic amines) is 1. The van der Waals surface area contributed by atoms with Crippen LogP contribution in [0.25, 0.3) is 0 Å². The van der Waals surface area contributed by atoms with Crippen LogP contribution in [0, 0.1) is 5.92 Å². The van der Waals surface area contributed by atoms with Crippen LogP contribution in [0.2, 0.25) is 0 Å². The predicted octanol–water partition coefficient (Wildman–Crippen LogP) is 1.79. The molecule has 1 amide bonds. The van der Waals surface area contributed by atoms with Gasteiger partial charge in [-0.05, 0) is 26.2 Å². The fourth-order valence-corrected chi connectivity index (χ4v) is 2.83. The molecule has 0 radical (unpaired) electrons. The van der Waals surface area contributed by atoms with Crippen LogP contribution in [0.15, 0.2) is 0 Å². The monoisotopic (exact) mass is 247 g/mol. The fraction of sp³-hybridized carbons (Fsp3) is 0.917. The highest BCUT2D eigenvalue weighted by Crippen LogP contribution is 2.37. The third-order valence-corrected chi connectivity index (χ3v) is 3.90. The van der Waals surface area contributed by atoms with Crippen molar-refractivity contribution in [2.45, 2.75) is 57.1 Å². The first-order valence-electron chi connectivity index (χ1n) is 6.25. The summed E-state index contributed by atoms with van der Waals surface area (Å²) in [5.41, 5.74) is 0. The Balaban J connectivity index is 1.93. The van der Waals surface area contributed by atoms with Crippen molar-refractivity contribution in [1.29, 1.82) is 0 Å². The minimum Gasteiger partial charge on any atom is -0.391 e. The molecule has 0 aromatic heterocycles. The van der Waals surface area contributed by atoms with Gasteiger partial charge < -0.3 is 10.0 Å². The summed E-state index contributed by atoms with van der Waals surface area (Å²) in [6, 6.07) is 0.0277. The Kier molecular flexibility index (Phi) is 3.39. The van der Waals surface area contributed by atoms with Gasteiger partial charge in [-0.25, -0.2) is 8.78 Å². The Hall–Kier alpha value is -0.710. The van der Waals surface area contributed by atoms with Gasteiger partial charge in [0.1, 0.15) is 0 Å². The van der Waals surface area contributed by atoms with Gasteiger partial charge in [-0.1, -0.05) is 0 Å². The molecule has 1 N–H and O–H groups in total. The number of amides is 1. The highest BCUT2D eigenvalue weighted by Gasteiger charge is 2.41. The Morgan fingerprint density at radius 3 is 2.41 bits per heavy atom. The molecule has 0 bridgehead atoms. The zero-order chi connectivity index (χ0) is 12.6. The zero-order valence-electron chi connectivity index (χ0n) is 10.0. The molecule has 0 aromatic carbocycles. The second kappa shape index (κ2) is 4.52. The van der Waals surface area contributed by atoms with Crippen molar-refractivity contribution in [3.63, 3.8) is 0 Å². The van der Waals surface area contributed by atoms with Gasteiger partial charge in [0, 0.05) is 31.3 Å². The van der Waals surface area contributed by atoms with Crippen LogP contribution in [-0.4, -0.2) is 40.5 Å². The van der Waals surface area contributed by atoms with Gasteiger partial charge in [-0.2, -0.15) is 0 Å². The molecule has 1 saturated carbocycles. The topological polar surface area (TPSA) is 40.5 Å². The lowest BCUT2D eigenvalue weighted by atomic mass is 9.86. The second-order valence-corrected chi connectivity index (χ2v) is 5.36. The van der Waals surface area contributed by atoms with Crippen molar-refractivity contribution in [3.8, 4) is 0 Å². The van der Waals surface area contributed by atoms with E-state index in [0.717, 1.165) is 0 Å². The molecule has 5 heteroatoms. The van der Waals surface area contributed by atoms with Crippen LogP contribution in [0.3, 0.4) is 0 Å². The van der Waals surface area contributed by atoms with E-state index in [1.807, 2.05) is 6.92 Å². The van der Waals surface area contributed by atoms with Crippen LogP contribution in [0.4, 0.5) is 8.78 Å². The molecule has 2 rings (SSSR count). The van der Waals surface area contributed by atoms with E-state index in [4.69, 9.17) is 0 Å². The standard InChI is InChI=1S/C12H19F2NO2/c1-8-6-10(16)7-15(8)11(17)9-2-4-12(13,14)5-3-9/h8-10,16H,2-7H2,1H3. The van der Waals surface area contributed by atoms with Gasteiger partial charge in [-0.3, -0.25) is 4.79 Å². The van der Waals surface area contributed by atoms with Crippen molar-refractivity contribution in [3.05, 3.63) is 0 Å². The predicted molar refractivity (Wildman–Crippen MR) is 58.7 cm³/mol. The summed E-state index contributed by atoms with van der Waals surface area (Å²) in [7, 11) is 0. The van der Waals surface area contributed by atoms with Gasteiger partial charge in [0.15, 0.2) is 0 Å². The number of aliphatic hydroxyl groups excluding tert-OH is 1. The Morgan fingerprint density at radius 2 is 1.94 bits per heavy atom. The van der Waals surface area contributed by atoms with Crippen LogP contribution < -0.4 is 0 Å². The maximum atomic E-state index is 13.0. The van der Waals surface area contributed by atoms with Crippen LogP contribution in [-0.2, 0) is 4.79 Å². The first kappa shape index (κ1) is 12.7. The first-order chi connectivity index (χ1) is 7.89. The van der Waals surface area contributed by atoms with Crippen LogP contribution in [0.5, 0.6) is 0 Å². The van der Waals surface area contributed by atoms with Gasteiger partial charge in [0.05, 0.1) is 6.10 Å². The van der Waals surface area contributed by atoms with Crippen molar-refractivity contribution >= 4 is 5.91 Å². The summed E-state index contributed by atoms with van der Waals surface area (Å²) in [6.07, 6.45) is 0.298. The quantitative estimate of drug-likeness (QED) is 0.767. The van der Waals surface area contributed by atoms with E-state index in [9.17, 15) is 18.7 Å². The van der Waals surface area contributed by atoms with E-state index in [0.29, 0.717) is 13.0 Å². The van der Waals surface area contributed by atoms with E-state index in [-0.39, 0.29) is 43.6 Å². The molecular weight excluding hydrogens is 228 g/mol. The van der Waals surface area contributed by atoms with Gasteiger partial charge in [0.2, 0.25) is 11.8 Å². The van der Waals surface area contributed by atoms with E-state index in [1.54, 1.807) is 4.90 Å². The number of halogens is 2. The highest BCUT2D eigenvalue weighted by atomic mass is 19.3. The molecule has 2 unspecified atom stereocenters. The lowest BCUT2D eigenvalue weighted by Crippen LogP contribution is -2.41. The normalized spacial score (nSPS) is 34.0. The largest absolute Gasteiger partial charge is 0.391 e. The summed E-state index contributed by atoms with van der Waals surface area (Å²) >= 11 is 0. The maximum absolute atomic E-state index is 13.0. The van der Waals surface area contributed by atoms with Crippen LogP contribution >= 0.6 is 0 Å². The summed E-state index contributed by atoms with van der Waals surface area (Å²) in [6.45, 7) is 2.25. The Bertz CT molecular complexity index is 299.